The molecule has 1 aliphatic rings. The van der Waals surface area contributed by atoms with Crippen LogP contribution in [-0.2, 0) is 0 Å². The third kappa shape index (κ3) is 3.26. The van der Waals surface area contributed by atoms with E-state index < -0.39 is 0 Å². The van der Waals surface area contributed by atoms with Crippen LogP contribution in [0.25, 0.3) is 0 Å². The number of nitro groups is 1. The minimum Gasteiger partial charge on any atom is -0.492 e. The van der Waals surface area contributed by atoms with Crippen molar-refractivity contribution in [1.29, 1.82) is 0 Å². The van der Waals surface area contributed by atoms with Crippen LogP contribution in [0.3, 0.4) is 0 Å². The highest BCUT2D eigenvalue weighted by molar-refractivity contribution is 7.80. The molecular formula is C15H21NO3S. The summed E-state index contributed by atoms with van der Waals surface area (Å²) in [6.45, 7) is 2.33. The number of rotatable bonds is 5. The summed E-state index contributed by atoms with van der Waals surface area (Å²) in [6, 6.07) is 4.99. The van der Waals surface area contributed by atoms with Gasteiger partial charge in [-0.3, -0.25) is 10.1 Å². The fourth-order valence-corrected chi connectivity index (χ4v) is 3.25. The van der Waals surface area contributed by atoms with Gasteiger partial charge in [0, 0.05) is 11.5 Å². The van der Waals surface area contributed by atoms with Gasteiger partial charge in [-0.25, -0.2) is 0 Å². The maximum absolute atomic E-state index is 10.9. The molecule has 0 unspecified atom stereocenters. The largest absolute Gasteiger partial charge is 0.492 e. The molecule has 4 nitrogen and oxygen atoms in total. The molecule has 2 rings (SSSR count). The molecule has 1 aromatic rings. The first-order valence-electron chi connectivity index (χ1n) is 7.06. The molecule has 0 saturated heterocycles. The van der Waals surface area contributed by atoms with E-state index in [2.05, 4.69) is 12.6 Å². The number of nitrogens with zero attached hydrogens (tertiary/aromatic N) is 1. The van der Waals surface area contributed by atoms with Gasteiger partial charge in [-0.15, -0.1) is 0 Å². The predicted molar refractivity (Wildman–Crippen MR) is 82.7 cm³/mol. The molecule has 0 aliphatic heterocycles. The fraction of sp³-hybridized carbons (Fsp3) is 0.600. The second-order valence-corrected chi connectivity index (χ2v) is 5.98. The Morgan fingerprint density at radius 1 is 1.35 bits per heavy atom. The summed E-state index contributed by atoms with van der Waals surface area (Å²) in [5, 5.41) is 10.9. The number of benzene rings is 1. The molecule has 110 valence electrons. The molecule has 0 heterocycles. The Bertz CT molecular complexity index is 484. The summed E-state index contributed by atoms with van der Waals surface area (Å²) < 4.78 is 5.91. The monoisotopic (exact) mass is 295 g/mol. The standard InChI is InChI=1S/C15H21NO3S/c1-12-13(16(17)18)6-5-7-14(12)19-10-15(11-20)8-3-2-4-9-15/h5-7,20H,2-4,8-11H2,1H3. The molecule has 0 radical (unpaired) electrons. The van der Waals surface area contributed by atoms with Crippen LogP contribution in [-0.4, -0.2) is 17.3 Å². The zero-order valence-electron chi connectivity index (χ0n) is 11.8. The molecule has 1 fully saturated rings. The van der Waals surface area contributed by atoms with Crippen molar-refractivity contribution in [2.45, 2.75) is 39.0 Å². The van der Waals surface area contributed by atoms with Crippen LogP contribution in [0.1, 0.15) is 37.7 Å². The van der Waals surface area contributed by atoms with Crippen LogP contribution in [0.4, 0.5) is 5.69 Å². The molecular weight excluding hydrogens is 274 g/mol. The van der Waals surface area contributed by atoms with Crippen molar-refractivity contribution in [2.24, 2.45) is 5.41 Å². The molecule has 0 spiro atoms. The molecule has 1 aromatic carbocycles. The number of nitro benzene ring substituents is 1. The van der Waals surface area contributed by atoms with E-state index in [-0.39, 0.29) is 16.0 Å². The minimum absolute atomic E-state index is 0.117. The van der Waals surface area contributed by atoms with Gasteiger partial charge in [0.25, 0.3) is 5.69 Å². The predicted octanol–water partition coefficient (Wildman–Crippen LogP) is 4.16. The van der Waals surface area contributed by atoms with Crippen LogP contribution in [0, 0.1) is 22.5 Å². The second-order valence-electron chi connectivity index (χ2n) is 5.66. The fourth-order valence-electron chi connectivity index (χ4n) is 2.84. The van der Waals surface area contributed by atoms with Gasteiger partial charge in [0.05, 0.1) is 17.1 Å². The Balaban J connectivity index is 2.10. The summed E-state index contributed by atoms with van der Waals surface area (Å²) in [6.07, 6.45) is 5.98. The molecule has 20 heavy (non-hydrogen) atoms. The summed E-state index contributed by atoms with van der Waals surface area (Å²) in [7, 11) is 0. The van der Waals surface area contributed by atoms with E-state index in [9.17, 15) is 10.1 Å². The van der Waals surface area contributed by atoms with Crippen LogP contribution in [0.15, 0.2) is 18.2 Å². The van der Waals surface area contributed by atoms with Gasteiger partial charge in [-0.05, 0) is 31.6 Å². The molecule has 0 bridgehead atoms. The first-order valence-corrected chi connectivity index (χ1v) is 7.69. The first kappa shape index (κ1) is 15.2. The highest BCUT2D eigenvalue weighted by Crippen LogP contribution is 2.38. The zero-order chi connectivity index (χ0) is 14.6. The van der Waals surface area contributed by atoms with Crippen molar-refractivity contribution >= 4 is 18.3 Å². The average Bonchev–Trinajstić information content (AvgIpc) is 2.47. The van der Waals surface area contributed by atoms with Crippen molar-refractivity contribution in [3.05, 3.63) is 33.9 Å². The molecule has 0 aromatic heterocycles. The summed E-state index contributed by atoms with van der Waals surface area (Å²) >= 11 is 4.49. The van der Waals surface area contributed by atoms with E-state index in [0.29, 0.717) is 17.9 Å². The lowest BCUT2D eigenvalue weighted by Crippen LogP contribution is -2.33. The number of thiol groups is 1. The van der Waals surface area contributed by atoms with Crippen LogP contribution < -0.4 is 4.74 Å². The summed E-state index contributed by atoms with van der Waals surface area (Å²) in [4.78, 5) is 10.6. The van der Waals surface area contributed by atoms with E-state index in [0.717, 1.165) is 18.6 Å². The normalized spacial score (nSPS) is 17.7. The van der Waals surface area contributed by atoms with Gasteiger partial charge < -0.3 is 4.74 Å². The van der Waals surface area contributed by atoms with Crippen molar-refractivity contribution in [1.82, 2.24) is 0 Å². The number of hydrogen-bond donors (Lipinski definition) is 1. The van der Waals surface area contributed by atoms with E-state index in [1.807, 2.05) is 0 Å². The van der Waals surface area contributed by atoms with Crippen LogP contribution in [0.2, 0.25) is 0 Å². The maximum atomic E-state index is 10.9. The Morgan fingerprint density at radius 2 is 2.05 bits per heavy atom. The lowest BCUT2D eigenvalue weighted by atomic mass is 9.76. The Labute approximate surface area is 125 Å². The molecule has 1 saturated carbocycles. The van der Waals surface area contributed by atoms with Crippen molar-refractivity contribution in [3.63, 3.8) is 0 Å². The third-order valence-electron chi connectivity index (χ3n) is 4.24. The lowest BCUT2D eigenvalue weighted by Gasteiger charge is -2.35. The highest BCUT2D eigenvalue weighted by Gasteiger charge is 2.32. The molecule has 5 heteroatoms. The van der Waals surface area contributed by atoms with Gasteiger partial charge in [0.2, 0.25) is 0 Å². The lowest BCUT2D eigenvalue weighted by molar-refractivity contribution is -0.385. The van der Waals surface area contributed by atoms with E-state index in [4.69, 9.17) is 4.74 Å². The Kier molecular flexibility index (Phi) is 4.91. The molecule has 0 atom stereocenters. The zero-order valence-corrected chi connectivity index (χ0v) is 12.7. The molecule has 0 amide bonds. The van der Waals surface area contributed by atoms with Gasteiger partial charge >= 0.3 is 0 Å². The Morgan fingerprint density at radius 3 is 2.65 bits per heavy atom. The van der Waals surface area contributed by atoms with Crippen molar-refractivity contribution in [2.75, 3.05) is 12.4 Å². The number of ether oxygens (including phenoxy) is 1. The smallest absolute Gasteiger partial charge is 0.276 e. The summed E-state index contributed by atoms with van der Waals surface area (Å²) in [5.41, 5.74) is 0.840. The highest BCUT2D eigenvalue weighted by atomic mass is 32.1. The SMILES string of the molecule is Cc1c(OCC2(CS)CCCCC2)cccc1[N+](=O)[O-]. The van der Waals surface area contributed by atoms with E-state index >= 15 is 0 Å². The first-order chi connectivity index (χ1) is 9.58. The van der Waals surface area contributed by atoms with E-state index in [1.165, 1.54) is 25.3 Å². The van der Waals surface area contributed by atoms with Gasteiger partial charge in [0.1, 0.15) is 5.75 Å². The van der Waals surface area contributed by atoms with E-state index in [1.54, 1.807) is 19.1 Å². The number of hydrogen-bond acceptors (Lipinski definition) is 4. The maximum Gasteiger partial charge on any atom is 0.276 e. The molecule has 1 aliphatic carbocycles. The second kappa shape index (κ2) is 6.48. The Hall–Kier alpha value is -1.23. The van der Waals surface area contributed by atoms with Crippen LogP contribution >= 0.6 is 12.6 Å². The third-order valence-corrected chi connectivity index (χ3v) is 4.91. The van der Waals surface area contributed by atoms with Gasteiger partial charge in [-0.1, -0.05) is 25.3 Å². The van der Waals surface area contributed by atoms with Crippen molar-refractivity contribution in [3.8, 4) is 5.75 Å². The molecule has 0 N–H and O–H groups in total. The van der Waals surface area contributed by atoms with Crippen LogP contribution in [0.5, 0.6) is 5.75 Å². The van der Waals surface area contributed by atoms with Gasteiger partial charge in [0.15, 0.2) is 0 Å². The quantitative estimate of drug-likeness (QED) is 0.504. The van der Waals surface area contributed by atoms with Crippen molar-refractivity contribution < 1.29 is 9.66 Å². The average molecular weight is 295 g/mol. The summed E-state index contributed by atoms with van der Waals surface area (Å²) in [5.74, 6) is 1.42. The topological polar surface area (TPSA) is 52.4 Å². The minimum atomic E-state index is -0.364. The van der Waals surface area contributed by atoms with Gasteiger partial charge in [-0.2, -0.15) is 12.6 Å².